The second-order valence-corrected chi connectivity index (χ2v) is 9.08. The third kappa shape index (κ3) is 2.71. The molecule has 1 amide bonds. The minimum Gasteiger partial charge on any atom is -0.479 e. The summed E-state index contributed by atoms with van der Waals surface area (Å²) in [6, 6.07) is 4.53. The maximum Gasteiger partial charge on any atom is 0.265 e. The van der Waals surface area contributed by atoms with Gasteiger partial charge in [0.05, 0.1) is 17.1 Å². The number of nitrogens with zero attached hydrogens (tertiary/aromatic N) is 4. The Morgan fingerprint density at radius 1 is 1.22 bits per heavy atom. The van der Waals surface area contributed by atoms with Crippen molar-refractivity contribution in [1.82, 2.24) is 19.1 Å². The van der Waals surface area contributed by atoms with E-state index in [1.807, 2.05) is 4.57 Å². The zero-order valence-corrected chi connectivity index (χ0v) is 15.6. The van der Waals surface area contributed by atoms with Crippen molar-refractivity contribution >= 4 is 21.6 Å². The average molecular weight is 389 g/mol. The maximum atomic E-state index is 13.1. The van der Waals surface area contributed by atoms with E-state index in [0.29, 0.717) is 36.3 Å². The average Bonchev–Trinajstić information content (AvgIpc) is 3.41. The van der Waals surface area contributed by atoms with E-state index in [4.69, 9.17) is 4.74 Å². The van der Waals surface area contributed by atoms with Gasteiger partial charge in [0.1, 0.15) is 17.4 Å². The van der Waals surface area contributed by atoms with E-state index < -0.39 is 16.1 Å². The summed E-state index contributed by atoms with van der Waals surface area (Å²) in [6.45, 7) is 2.75. The van der Waals surface area contributed by atoms with Gasteiger partial charge >= 0.3 is 0 Å². The van der Waals surface area contributed by atoms with Crippen molar-refractivity contribution in [2.75, 3.05) is 11.9 Å². The van der Waals surface area contributed by atoms with E-state index in [2.05, 4.69) is 15.5 Å². The number of nitrogens with one attached hydrogen (secondary N) is 1. The zero-order chi connectivity index (χ0) is 18.8. The second-order valence-electron chi connectivity index (χ2n) is 7.15. The Morgan fingerprint density at radius 2 is 2.04 bits per heavy atom. The molecule has 0 radical (unpaired) electrons. The van der Waals surface area contributed by atoms with Crippen LogP contribution >= 0.6 is 0 Å². The highest BCUT2D eigenvalue weighted by atomic mass is 32.2. The molecule has 10 heteroatoms. The molecule has 142 valence electrons. The van der Waals surface area contributed by atoms with E-state index in [9.17, 15) is 13.2 Å². The molecule has 0 bridgehead atoms. The Labute approximate surface area is 156 Å². The normalized spacial score (nSPS) is 22.6. The van der Waals surface area contributed by atoms with Crippen molar-refractivity contribution in [3.05, 3.63) is 29.8 Å². The SMILES string of the molecule is CC1Oc2ccc(S(=O)(=O)N3CCn4c(nnc4C4CC4)C3)cc2NC1=O. The van der Waals surface area contributed by atoms with Crippen LogP contribution < -0.4 is 10.1 Å². The largest absolute Gasteiger partial charge is 0.479 e. The number of carbonyl (C=O) groups is 1. The van der Waals surface area contributed by atoms with Gasteiger partial charge < -0.3 is 14.6 Å². The molecule has 0 spiro atoms. The number of hydrogen-bond acceptors (Lipinski definition) is 6. The molecular formula is C17H19N5O4S. The fourth-order valence-electron chi connectivity index (χ4n) is 3.50. The summed E-state index contributed by atoms with van der Waals surface area (Å²) < 4.78 is 35.1. The quantitative estimate of drug-likeness (QED) is 0.842. The van der Waals surface area contributed by atoms with Crippen LogP contribution in [0, 0.1) is 0 Å². The highest BCUT2D eigenvalue weighted by Crippen LogP contribution is 2.40. The fraction of sp³-hybridized carbons (Fsp3) is 0.471. The Bertz CT molecular complexity index is 1040. The number of rotatable bonds is 3. The molecule has 1 fully saturated rings. The Hall–Kier alpha value is -2.46. The van der Waals surface area contributed by atoms with E-state index in [1.54, 1.807) is 13.0 Å². The smallest absolute Gasteiger partial charge is 0.265 e. The molecule has 5 rings (SSSR count). The lowest BCUT2D eigenvalue weighted by atomic mass is 10.2. The number of aromatic nitrogens is 3. The number of fused-ring (bicyclic) bond motifs is 2. The first kappa shape index (κ1) is 16.7. The van der Waals surface area contributed by atoms with Gasteiger partial charge in [0.15, 0.2) is 6.10 Å². The van der Waals surface area contributed by atoms with Gasteiger partial charge in [-0.2, -0.15) is 4.31 Å². The van der Waals surface area contributed by atoms with Crippen LogP contribution in [0.2, 0.25) is 0 Å². The van der Waals surface area contributed by atoms with Gasteiger partial charge in [0.2, 0.25) is 10.0 Å². The van der Waals surface area contributed by atoms with Crippen molar-refractivity contribution in [2.24, 2.45) is 0 Å². The molecule has 1 N–H and O–H groups in total. The molecule has 1 unspecified atom stereocenters. The van der Waals surface area contributed by atoms with Gasteiger partial charge in [0.25, 0.3) is 5.91 Å². The summed E-state index contributed by atoms with van der Waals surface area (Å²) in [6.07, 6.45) is 1.65. The molecule has 3 heterocycles. The van der Waals surface area contributed by atoms with Crippen LogP contribution in [-0.4, -0.2) is 46.0 Å². The summed E-state index contributed by atoms with van der Waals surface area (Å²) in [7, 11) is -3.72. The number of amides is 1. The third-order valence-electron chi connectivity index (χ3n) is 5.21. The van der Waals surface area contributed by atoms with Gasteiger partial charge in [-0.05, 0) is 38.0 Å². The lowest BCUT2D eigenvalue weighted by Gasteiger charge is -2.28. The molecule has 1 aliphatic carbocycles. The van der Waals surface area contributed by atoms with Crippen LogP contribution in [0.3, 0.4) is 0 Å². The van der Waals surface area contributed by atoms with Gasteiger partial charge in [-0.1, -0.05) is 0 Å². The lowest BCUT2D eigenvalue weighted by molar-refractivity contribution is -0.122. The minimum absolute atomic E-state index is 0.120. The molecule has 2 aliphatic heterocycles. The van der Waals surface area contributed by atoms with Gasteiger partial charge in [0, 0.05) is 19.0 Å². The Morgan fingerprint density at radius 3 is 2.81 bits per heavy atom. The number of anilines is 1. The first-order chi connectivity index (χ1) is 12.9. The Kier molecular flexibility index (Phi) is 3.57. The molecule has 3 aliphatic rings. The minimum atomic E-state index is -3.72. The molecular weight excluding hydrogens is 370 g/mol. The molecule has 0 saturated heterocycles. The van der Waals surface area contributed by atoms with Crippen molar-refractivity contribution in [2.45, 2.75) is 49.8 Å². The molecule has 1 atom stereocenters. The van der Waals surface area contributed by atoms with Crippen molar-refractivity contribution in [3.8, 4) is 5.75 Å². The first-order valence-corrected chi connectivity index (χ1v) is 10.4. The van der Waals surface area contributed by atoms with Crippen LogP contribution in [-0.2, 0) is 27.9 Å². The van der Waals surface area contributed by atoms with Gasteiger partial charge in [-0.3, -0.25) is 4.79 Å². The summed E-state index contributed by atoms with van der Waals surface area (Å²) >= 11 is 0. The number of carbonyl (C=O) groups excluding carboxylic acids is 1. The Balaban J connectivity index is 1.43. The number of sulfonamides is 1. The van der Waals surface area contributed by atoms with E-state index >= 15 is 0 Å². The molecule has 9 nitrogen and oxygen atoms in total. The summed E-state index contributed by atoms with van der Waals surface area (Å²) in [5.74, 6) is 2.30. The summed E-state index contributed by atoms with van der Waals surface area (Å²) in [5, 5.41) is 11.1. The van der Waals surface area contributed by atoms with Crippen LogP contribution in [0.4, 0.5) is 5.69 Å². The number of hydrogen-bond donors (Lipinski definition) is 1. The predicted octanol–water partition coefficient (Wildman–Crippen LogP) is 1.08. The lowest BCUT2D eigenvalue weighted by Crippen LogP contribution is -2.39. The van der Waals surface area contributed by atoms with E-state index in [1.165, 1.54) is 16.4 Å². The van der Waals surface area contributed by atoms with Crippen molar-refractivity contribution in [3.63, 3.8) is 0 Å². The number of ether oxygens (including phenoxy) is 1. The van der Waals surface area contributed by atoms with E-state index in [0.717, 1.165) is 18.7 Å². The molecule has 27 heavy (non-hydrogen) atoms. The maximum absolute atomic E-state index is 13.1. The fourth-order valence-corrected chi connectivity index (χ4v) is 4.92. The molecule has 2 aromatic rings. The van der Waals surface area contributed by atoms with E-state index in [-0.39, 0.29) is 17.3 Å². The standard InChI is InChI=1S/C17H19N5O4S/c1-10-17(23)18-13-8-12(4-5-14(13)26-10)27(24,25)21-6-7-22-15(9-21)19-20-16(22)11-2-3-11/h4-5,8,10-11H,2-3,6-7,9H2,1H3,(H,18,23). The molecule has 1 aromatic carbocycles. The third-order valence-corrected chi connectivity index (χ3v) is 7.05. The highest BCUT2D eigenvalue weighted by Gasteiger charge is 2.35. The first-order valence-electron chi connectivity index (χ1n) is 8.97. The predicted molar refractivity (Wildman–Crippen MR) is 94.8 cm³/mol. The summed E-state index contributed by atoms with van der Waals surface area (Å²) in [5.41, 5.74) is 0.371. The van der Waals surface area contributed by atoms with Gasteiger partial charge in [-0.25, -0.2) is 8.42 Å². The zero-order valence-electron chi connectivity index (χ0n) is 14.8. The van der Waals surface area contributed by atoms with Crippen molar-refractivity contribution in [1.29, 1.82) is 0 Å². The number of benzene rings is 1. The second kappa shape index (κ2) is 5.77. The molecule has 1 saturated carbocycles. The highest BCUT2D eigenvalue weighted by molar-refractivity contribution is 7.89. The van der Waals surface area contributed by atoms with Crippen LogP contribution in [0.5, 0.6) is 5.75 Å². The van der Waals surface area contributed by atoms with Crippen molar-refractivity contribution < 1.29 is 17.9 Å². The van der Waals surface area contributed by atoms with Crippen LogP contribution in [0.1, 0.15) is 37.3 Å². The monoisotopic (exact) mass is 389 g/mol. The summed E-state index contributed by atoms with van der Waals surface area (Å²) in [4.78, 5) is 11.9. The van der Waals surface area contributed by atoms with Gasteiger partial charge in [-0.15, -0.1) is 10.2 Å². The van der Waals surface area contributed by atoms with Crippen LogP contribution in [0.15, 0.2) is 23.1 Å². The van der Waals surface area contributed by atoms with Crippen LogP contribution in [0.25, 0.3) is 0 Å². The topological polar surface area (TPSA) is 106 Å². The molecule has 1 aromatic heterocycles.